The summed E-state index contributed by atoms with van der Waals surface area (Å²) >= 11 is 0. The number of carbonyl (C=O) groups is 2. The Morgan fingerprint density at radius 1 is 1.08 bits per heavy atom. The van der Waals surface area contributed by atoms with Crippen LogP contribution < -0.4 is 10.6 Å². The molecule has 24 heavy (non-hydrogen) atoms. The van der Waals surface area contributed by atoms with Crippen LogP contribution in [0.2, 0.25) is 0 Å². The van der Waals surface area contributed by atoms with Gasteiger partial charge in [0.2, 0.25) is 11.8 Å². The molecule has 0 aliphatic heterocycles. The lowest BCUT2D eigenvalue weighted by Crippen LogP contribution is -2.48. The van der Waals surface area contributed by atoms with Gasteiger partial charge in [-0.15, -0.1) is 0 Å². The van der Waals surface area contributed by atoms with Crippen molar-refractivity contribution in [2.75, 3.05) is 0 Å². The number of hydrogen-bond donors (Lipinski definition) is 2. The molecule has 126 valence electrons. The van der Waals surface area contributed by atoms with E-state index in [1.54, 1.807) is 32.3 Å². The molecule has 1 unspecified atom stereocenters. The van der Waals surface area contributed by atoms with Crippen molar-refractivity contribution in [1.29, 1.82) is 0 Å². The Balaban J connectivity index is 1.95. The Morgan fingerprint density at radius 2 is 1.79 bits per heavy atom. The highest BCUT2D eigenvalue weighted by molar-refractivity contribution is 6.04. The van der Waals surface area contributed by atoms with Gasteiger partial charge in [-0.05, 0) is 38.0 Å². The molecule has 0 saturated heterocycles. The third kappa shape index (κ3) is 4.41. The fourth-order valence-electron chi connectivity index (χ4n) is 2.21. The van der Waals surface area contributed by atoms with Gasteiger partial charge in [0, 0.05) is 18.9 Å². The minimum absolute atomic E-state index is 0.163. The van der Waals surface area contributed by atoms with Crippen molar-refractivity contribution in [2.24, 2.45) is 5.41 Å². The lowest BCUT2D eigenvalue weighted by Gasteiger charge is -2.25. The topological polar surface area (TPSA) is 71.1 Å². The van der Waals surface area contributed by atoms with Crippen LogP contribution in [0.1, 0.15) is 37.9 Å². The van der Waals surface area contributed by atoms with Gasteiger partial charge in [0.25, 0.3) is 0 Å². The Hall–Kier alpha value is -2.69. The molecule has 0 fully saturated rings. The van der Waals surface area contributed by atoms with E-state index >= 15 is 0 Å². The van der Waals surface area contributed by atoms with Gasteiger partial charge in [-0.3, -0.25) is 14.6 Å². The molecular weight excluding hydrogens is 302 g/mol. The van der Waals surface area contributed by atoms with E-state index < -0.39 is 5.41 Å². The van der Waals surface area contributed by atoms with Crippen molar-refractivity contribution in [1.82, 2.24) is 15.6 Å². The fraction of sp³-hybridized carbons (Fsp3) is 0.316. The summed E-state index contributed by atoms with van der Waals surface area (Å²) in [5.41, 5.74) is 0.725. The first-order chi connectivity index (χ1) is 11.4. The number of nitrogens with one attached hydrogen (secondary N) is 2. The van der Waals surface area contributed by atoms with Crippen molar-refractivity contribution < 1.29 is 9.59 Å². The summed E-state index contributed by atoms with van der Waals surface area (Å²) in [5.74, 6) is -0.619. The van der Waals surface area contributed by atoms with Gasteiger partial charge < -0.3 is 10.6 Å². The summed E-state index contributed by atoms with van der Waals surface area (Å²) in [7, 11) is 0. The SMILES string of the molecule is CC(NC(=O)C(C)(C)C(=O)NCc1cccnc1)c1ccccc1. The van der Waals surface area contributed by atoms with Crippen LogP contribution in [0.3, 0.4) is 0 Å². The molecule has 1 atom stereocenters. The number of carbonyl (C=O) groups excluding carboxylic acids is 2. The van der Waals surface area contributed by atoms with Gasteiger partial charge in [-0.1, -0.05) is 36.4 Å². The molecule has 0 saturated carbocycles. The van der Waals surface area contributed by atoms with Crippen molar-refractivity contribution >= 4 is 11.8 Å². The molecule has 0 bridgehead atoms. The van der Waals surface area contributed by atoms with Crippen LogP contribution >= 0.6 is 0 Å². The summed E-state index contributed by atoms with van der Waals surface area (Å²) in [6.07, 6.45) is 3.36. The Bertz CT molecular complexity index is 684. The maximum Gasteiger partial charge on any atom is 0.235 e. The van der Waals surface area contributed by atoms with E-state index in [2.05, 4.69) is 15.6 Å². The van der Waals surface area contributed by atoms with E-state index in [1.807, 2.05) is 43.3 Å². The minimum atomic E-state index is -1.16. The Kier molecular flexibility index (Phi) is 5.68. The molecule has 2 rings (SSSR count). The molecule has 1 aromatic heterocycles. The number of benzene rings is 1. The molecule has 0 aliphatic rings. The molecule has 1 aromatic carbocycles. The standard InChI is InChI=1S/C19H23N3O2/c1-14(16-9-5-4-6-10-16)22-18(24)19(2,3)17(23)21-13-15-8-7-11-20-12-15/h4-12,14H,13H2,1-3H3,(H,21,23)(H,22,24). The van der Waals surface area contributed by atoms with Crippen molar-refractivity contribution in [3.8, 4) is 0 Å². The molecule has 0 spiro atoms. The van der Waals surface area contributed by atoms with Crippen LogP contribution in [0.4, 0.5) is 0 Å². The Labute approximate surface area is 142 Å². The third-order valence-corrected chi connectivity index (χ3v) is 3.96. The van der Waals surface area contributed by atoms with Gasteiger partial charge in [0.05, 0.1) is 6.04 Å². The van der Waals surface area contributed by atoms with Gasteiger partial charge in [0.15, 0.2) is 0 Å². The maximum absolute atomic E-state index is 12.5. The van der Waals surface area contributed by atoms with Gasteiger partial charge in [-0.25, -0.2) is 0 Å². The minimum Gasteiger partial charge on any atom is -0.351 e. The fourth-order valence-corrected chi connectivity index (χ4v) is 2.21. The monoisotopic (exact) mass is 325 g/mol. The van der Waals surface area contributed by atoms with Gasteiger partial charge >= 0.3 is 0 Å². The van der Waals surface area contributed by atoms with Crippen molar-refractivity contribution in [2.45, 2.75) is 33.4 Å². The summed E-state index contributed by atoms with van der Waals surface area (Å²) < 4.78 is 0. The number of pyridine rings is 1. The molecular formula is C19H23N3O2. The molecule has 0 aliphatic carbocycles. The second-order valence-electron chi connectivity index (χ2n) is 6.27. The predicted octanol–water partition coefficient (Wildman–Crippen LogP) is 2.60. The van der Waals surface area contributed by atoms with E-state index in [-0.39, 0.29) is 17.9 Å². The van der Waals surface area contributed by atoms with E-state index in [0.717, 1.165) is 11.1 Å². The summed E-state index contributed by atoms with van der Waals surface area (Å²) in [5, 5.41) is 5.70. The normalized spacial score (nSPS) is 12.3. The number of hydrogen-bond acceptors (Lipinski definition) is 3. The Morgan fingerprint density at radius 3 is 2.42 bits per heavy atom. The van der Waals surface area contributed by atoms with Crippen LogP contribution in [-0.4, -0.2) is 16.8 Å². The number of amides is 2. The highest BCUT2D eigenvalue weighted by atomic mass is 16.2. The first-order valence-electron chi connectivity index (χ1n) is 7.94. The molecule has 2 N–H and O–H groups in total. The van der Waals surface area contributed by atoms with Crippen LogP contribution in [0.15, 0.2) is 54.9 Å². The zero-order valence-corrected chi connectivity index (χ0v) is 14.2. The van der Waals surface area contributed by atoms with Gasteiger partial charge in [0.1, 0.15) is 5.41 Å². The highest BCUT2D eigenvalue weighted by Crippen LogP contribution is 2.19. The number of nitrogens with zero attached hydrogens (tertiary/aromatic N) is 1. The quantitative estimate of drug-likeness (QED) is 0.802. The van der Waals surface area contributed by atoms with E-state index in [4.69, 9.17) is 0 Å². The van der Waals surface area contributed by atoms with E-state index in [1.165, 1.54) is 0 Å². The molecule has 1 heterocycles. The smallest absolute Gasteiger partial charge is 0.235 e. The highest BCUT2D eigenvalue weighted by Gasteiger charge is 2.36. The average Bonchev–Trinajstić information content (AvgIpc) is 2.61. The lowest BCUT2D eigenvalue weighted by atomic mass is 9.90. The first-order valence-corrected chi connectivity index (χ1v) is 7.94. The van der Waals surface area contributed by atoms with Crippen LogP contribution in [-0.2, 0) is 16.1 Å². The summed E-state index contributed by atoms with van der Waals surface area (Å²) in [6, 6.07) is 13.2. The van der Waals surface area contributed by atoms with Crippen LogP contribution in [0.25, 0.3) is 0 Å². The lowest BCUT2D eigenvalue weighted by molar-refractivity contribution is -0.141. The molecule has 0 radical (unpaired) electrons. The second-order valence-corrected chi connectivity index (χ2v) is 6.27. The third-order valence-electron chi connectivity index (χ3n) is 3.96. The number of aromatic nitrogens is 1. The largest absolute Gasteiger partial charge is 0.351 e. The van der Waals surface area contributed by atoms with Crippen LogP contribution in [0, 0.1) is 5.41 Å². The molecule has 2 amide bonds. The maximum atomic E-state index is 12.5. The van der Waals surface area contributed by atoms with Gasteiger partial charge in [-0.2, -0.15) is 0 Å². The molecule has 5 nitrogen and oxygen atoms in total. The molecule has 5 heteroatoms. The molecule has 2 aromatic rings. The van der Waals surface area contributed by atoms with E-state index in [0.29, 0.717) is 6.54 Å². The average molecular weight is 325 g/mol. The zero-order valence-electron chi connectivity index (χ0n) is 14.2. The van der Waals surface area contributed by atoms with Crippen LogP contribution in [0.5, 0.6) is 0 Å². The first kappa shape index (κ1) is 17.7. The van der Waals surface area contributed by atoms with Crippen molar-refractivity contribution in [3.63, 3.8) is 0 Å². The summed E-state index contributed by atoms with van der Waals surface area (Å²) in [6.45, 7) is 5.49. The number of rotatable bonds is 6. The van der Waals surface area contributed by atoms with Crippen molar-refractivity contribution in [3.05, 3.63) is 66.0 Å². The predicted molar refractivity (Wildman–Crippen MR) is 92.9 cm³/mol. The van der Waals surface area contributed by atoms with E-state index in [9.17, 15) is 9.59 Å². The zero-order chi connectivity index (χ0) is 17.6. The summed E-state index contributed by atoms with van der Waals surface area (Å²) in [4.78, 5) is 28.9. The second kappa shape index (κ2) is 7.73.